The van der Waals surface area contributed by atoms with Crippen molar-refractivity contribution in [3.8, 4) is 11.4 Å². The van der Waals surface area contributed by atoms with Gasteiger partial charge in [-0.05, 0) is 55.8 Å². The highest BCUT2D eigenvalue weighted by Gasteiger charge is 2.36. The molecule has 4 rings (SSSR count). The Balaban J connectivity index is 1.71. The highest BCUT2D eigenvalue weighted by atomic mass is 16.3. The first-order chi connectivity index (χ1) is 14.3. The van der Waals surface area contributed by atoms with Crippen molar-refractivity contribution in [2.75, 3.05) is 0 Å². The van der Waals surface area contributed by atoms with Gasteiger partial charge in [0, 0.05) is 23.1 Å². The summed E-state index contributed by atoms with van der Waals surface area (Å²) in [5, 5.41) is 12.0. The van der Waals surface area contributed by atoms with Crippen molar-refractivity contribution in [2.45, 2.75) is 20.4 Å². The molecule has 4 amide bonds. The van der Waals surface area contributed by atoms with Gasteiger partial charge in [-0.1, -0.05) is 6.07 Å². The normalized spacial score (nSPS) is 15.7. The van der Waals surface area contributed by atoms with Crippen LogP contribution in [0.1, 0.15) is 22.7 Å². The summed E-state index contributed by atoms with van der Waals surface area (Å²) < 4.78 is 7.11. The fourth-order valence-corrected chi connectivity index (χ4v) is 3.51. The predicted octanol–water partition coefficient (Wildman–Crippen LogP) is 3.05. The number of rotatable bonds is 4. The maximum Gasteiger partial charge on any atom is 0.331 e. The van der Waals surface area contributed by atoms with Crippen LogP contribution in [-0.2, 0) is 16.1 Å². The number of barbiturate groups is 1. The van der Waals surface area contributed by atoms with Crippen molar-refractivity contribution in [3.05, 3.63) is 77.0 Å². The Kier molecular flexibility index (Phi) is 4.75. The Hall–Kier alpha value is -4.07. The van der Waals surface area contributed by atoms with Gasteiger partial charge in [-0.3, -0.25) is 19.8 Å². The Morgan fingerprint density at radius 1 is 1.10 bits per heavy atom. The molecule has 2 aromatic heterocycles. The fourth-order valence-electron chi connectivity index (χ4n) is 3.51. The zero-order chi connectivity index (χ0) is 21.4. The van der Waals surface area contributed by atoms with Gasteiger partial charge in [-0.25, -0.2) is 4.79 Å². The highest BCUT2D eigenvalue weighted by molar-refractivity contribution is 6.31. The largest absolute Gasteiger partial charge is 0.508 e. The van der Waals surface area contributed by atoms with E-state index in [0.717, 1.165) is 22.0 Å². The minimum atomic E-state index is -0.788. The fraction of sp³-hybridized carbons (Fsp3) is 0.136. The van der Waals surface area contributed by atoms with Crippen LogP contribution in [0, 0.1) is 13.8 Å². The molecule has 0 radical (unpaired) electrons. The van der Waals surface area contributed by atoms with Crippen LogP contribution in [0.2, 0.25) is 0 Å². The number of imide groups is 2. The van der Waals surface area contributed by atoms with Gasteiger partial charge < -0.3 is 14.1 Å². The summed E-state index contributed by atoms with van der Waals surface area (Å²) in [5.74, 6) is -0.881. The molecule has 0 atom stereocenters. The summed E-state index contributed by atoms with van der Waals surface area (Å²) in [6.07, 6.45) is 2.92. The summed E-state index contributed by atoms with van der Waals surface area (Å²) >= 11 is 0. The van der Waals surface area contributed by atoms with Crippen LogP contribution in [0.25, 0.3) is 11.8 Å². The lowest BCUT2D eigenvalue weighted by Crippen LogP contribution is -2.53. The number of phenolic OH excluding ortho intramolecular Hbond substituents is 1. The van der Waals surface area contributed by atoms with Crippen molar-refractivity contribution in [3.63, 3.8) is 0 Å². The first-order valence-corrected chi connectivity index (χ1v) is 9.25. The van der Waals surface area contributed by atoms with Gasteiger partial charge in [0.2, 0.25) is 0 Å². The number of nitrogens with zero attached hydrogens (tertiary/aromatic N) is 2. The number of benzene rings is 1. The number of phenols is 1. The quantitative estimate of drug-likeness (QED) is 0.513. The molecule has 3 aromatic rings. The number of nitrogens with one attached hydrogen (secondary N) is 1. The van der Waals surface area contributed by atoms with E-state index in [0.29, 0.717) is 11.3 Å². The average Bonchev–Trinajstić information content (AvgIpc) is 3.30. The first kappa shape index (κ1) is 19.3. The third-order valence-electron chi connectivity index (χ3n) is 4.94. The minimum absolute atomic E-state index is 0.0788. The van der Waals surface area contributed by atoms with Crippen LogP contribution in [0.15, 0.2) is 58.7 Å². The van der Waals surface area contributed by atoms with Crippen LogP contribution in [0.5, 0.6) is 5.75 Å². The molecule has 8 nitrogen and oxygen atoms in total. The van der Waals surface area contributed by atoms with E-state index in [2.05, 4.69) is 5.32 Å². The molecule has 152 valence electrons. The van der Waals surface area contributed by atoms with Crippen LogP contribution in [0.4, 0.5) is 4.79 Å². The number of carbonyl (C=O) groups is 3. The molecule has 1 aromatic carbocycles. The van der Waals surface area contributed by atoms with Crippen molar-refractivity contribution in [1.82, 2.24) is 14.8 Å². The van der Waals surface area contributed by atoms with Gasteiger partial charge in [0.15, 0.2) is 0 Å². The maximum absolute atomic E-state index is 12.9. The third-order valence-corrected chi connectivity index (χ3v) is 4.94. The number of aryl methyl sites for hydroxylation is 1. The molecule has 0 spiro atoms. The zero-order valence-corrected chi connectivity index (χ0v) is 16.4. The lowest BCUT2D eigenvalue weighted by molar-refractivity contribution is -0.130. The van der Waals surface area contributed by atoms with Gasteiger partial charge in [-0.2, -0.15) is 0 Å². The first-order valence-electron chi connectivity index (χ1n) is 9.25. The van der Waals surface area contributed by atoms with E-state index >= 15 is 0 Å². The molecule has 2 N–H and O–H groups in total. The van der Waals surface area contributed by atoms with Crippen molar-refractivity contribution >= 4 is 23.9 Å². The summed E-state index contributed by atoms with van der Waals surface area (Å²) in [5.41, 5.74) is 2.90. The number of aromatic nitrogens is 1. The van der Waals surface area contributed by atoms with Gasteiger partial charge >= 0.3 is 6.03 Å². The molecular weight excluding hydrogens is 386 g/mol. The number of aromatic hydroxyl groups is 1. The Labute approximate surface area is 172 Å². The van der Waals surface area contributed by atoms with E-state index in [1.54, 1.807) is 30.3 Å². The van der Waals surface area contributed by atoms with Gasteiger partial charge in [0.05, 0.1) is 12.8 Å². The van der Waals surface area contributed by atoms with Gasteiger partial charge in [-0.15, -0.1) is 0 Å². The number of urea groups is 1. The van der Waals surface area contributed by atoms with Crippen LogP contribution in [-0.4, -0.2) is 32.4 Å². The topological polar surface area (TPSA) is 105 Å². The molecule has 0 bridgehead atoms. The van der Waals surface area contributed by atoms with Crippen LogP contribution >= 0.6 is 0 Å². The Morgan fingerprint density at radius 2 is 1.90 bits per heavy atom. The lowest BCUT2D eigenvalue weighted by atomic mass is 10.1. The van der Waals surface area contributed by atoms with Crippen molar-refractivity contribution in [2.24, 2.45) is 0 Å². The minimum Gasteiger partial charge on any atom is -0.508 e. The second-order valence-electron chi connectivity index (χ2n) is 6.97. The third kappa shape index (κ3) is 3.39. The van der Waals surface area contributed by atoms with Crippen molar-refractivity contribution in [1.29, 1.82) is 0 Å². The monoisotopic (exact) mass is 405 g/mol. The molecule has 1 fully saturated rings. The lowest BCUT2D eigenvalue weighted by Gasteiger charge is -2.25. The number of furan rings is 1. The molecule has 0 aliphatic carbocycles. The van der Waals surface area contributed by atoms with Crippen LogP contribution in [0.3, 0.4) is 0 Å². The SMILES string of the molecule is Cc1cc(/C=C2\C(=O)NC(=O)N(Cc3ccco3)C2=O)c(C)n1-c1cccc(O)c1. The van der Waals surface area contributed by atoms with Crippen LogP contribution < -0.4 is 5.32 Å². The Morgan fingerprint density at radius 3 is 2.60 bits per heavy atom. The highest BCUT2D eigenvalue weighted by Crippen LogP contribution is 2.26. The molecule has 1 aliphatic heterocycles. The van der Waals surface area contributed by atoms with E-state index in [9.17, 15) is 19.5 Å². The second-order valence-corrected chi connectivity index (χ2v) is 6.97. The number of amides is 4. The Bertz CT molecular complexity index is 1190. The summed E-state index contributed by atoms with van der Waals surface area (Å²) in [4.78, 5) is 38.4. The molecule has 1 aliphatic rings. The van der Waals surface area contributed by atoms with Gasteiger partial charge in [0.1, 0.15) is 17.1 Å². The summed E-state index contributed by atoms with van der Waals surface area (Å²) in [6.45, 7) is 3.65. The maximum atomic E-state index is 12.9. The van der Waals surface area contributed by atoms with E-state index < -0.39 is 17.8 Å². The van der Waals surface area contributed by atoms with E-state index in [1.807, 2.05) is 30.5 Å². The number of hydrogen-bond acceptors (Lipinski definition) is 5. The molecular formula is C22H19N3O5. The second kappa shape index (κ2) is 7.40. The zero-order valence-electron chi connectivity index (χ0n) is 16.4. The summed E-state index contributed by atoms with van der Waals surface area (Å²) in [6, 6.07) is 11.1. The summed E-state index contributed by atoms with van der Waals surface area (Å²) in [7, 11) is 0. The number of hydrogen-bond donors (Lipinski definition) is 2. The molecule has 0 saturated carbocycles. The standard InChI is InChI=1S/C22H19N3O5/c1-13-9-15(14(2)25(13)16-5-3-6-17(26)11-16)10-19-20(27)23-22(29)24(21(19)28)12-18-7-4-8-30-18/h3-11,26H,12H2,1-2H3,(H,23,27,29)/b19-10+. The molecule has 1 saturated heterocycles. The van der Waals surface area contributed by atoms with Crippen molar-refractivity contribution < 1.29 is 23.9 Å². The van der Waals surface area contributed by atoms with Gasteiger partial charge in [0.25, 0.3) is 11.8 Å². The molecule has 30 heavy (non-hydrogen) atoms. The smallest absolute Gasteiger partial charge is 0.331 e. The van der Waals surface area contributed by atoms with E-state index in [1.165, 1.54) is 12.3 Å². The predicted molar refractivity (Wildman–Crippen MR) is 108 cm³/mol. The molecule has 0 unspecified atom stereocenters. The molecule has 8 heteroatoms. The van der Waals surface area contributed by atoms with E-state index in [-0.39, 0.29) is 17.9 Å². The number of carbonyl (C=O) groups excluding carboxylic acids is 3. The average molecular weight is 405 g/mol. The van der Waals surface area contributed by atoms with E-state index in [4.69, 9.17) is 4.42 Å². The molecule has 3 heterocycles.